The highest BCUT2D eigenvalue weighted by Gasteiger charge is 2.29. The minimum absolute atomic E-state index is 0.0592. The average Bonchev–Trinajstić information content (AvgIpc) is 2.48. The van der Waals surface area contributed by atoms with Gasteiger partial charge in [-0.2, -0.15) is 0 Å². The quantitative estimate of drug-likeness (QED) is 0.732. The summed E-state index contributed by atoms with van der Waals surface area (Å²) in [6.07, 6.45) is 0.485. The second kappa shape index (κ2) is 4.72. The summed E-state index contributed by atoms with van der Waals surface area (Å²) in [6.45, 7) is 8.18. The van der Waals surface area contributed by atoms with Gasteiger partial charge < -0.3 is 15.0 Å². The normalized spacial score (nSPS) is 20.8. The molecule has 1 saturated heterocycles. The summed E-state index contributed by atoms with van der Waals surface area (Å²) in [5, 5.41) is 2.80. The molecular weight excluding hydrogens is 208 g/mol. The summed E-state index contributed by atoms with van der Waals surface area (Å²) >= 11 is 0. The van der Waals surface area contributed by atoms with Gasteiger partial charge in [0.25, 0.3) is 0 Å². The van der Waals surface area contributed by atoms with E-state index in [1.807, 2.05) is 20.8 Å². The average molecular weight is 228 g/mol. The first kappa shape index (κ1) is 12.8. The Hall–Kier alpha value is -1.26. The van der Waals surface area contributed by atoms with Crippen LogP contribution in [-0.4, -0.2) is 41.6 Å². The van der Waals surface area contributed by atoms with Gasteiger partial charge >= 0.3 is 6.09 Å². The summed E-state index contributed by atoms with van der Waals surface area (Å²) in [5.74, 6) is -0.0592. The molecule has 0 saturated carbocycles. The van der Waals surface area contributed by atoms with E-state index in [1.165, 1.54) is 6.92 Å². The van der Waals surface area contributed by atoms with Crippen molar-refractivity contribution in [3.05, 3.63) is 0 Å². The molecule has 0 radical (unpaired) electrons. The number of hydrogen-bond donors (Lipinski definition) is 1. The van der Waals surface area contributed by atoms with Crippen LogP contribution in [0.2, 0.25) is 0 Å². The third-order valence-electron chi connectivity index (χ3n) is 2.25. The lowest BCUT2D eigenvalue weighted by molar-refractivity contribution is -0.119. The summed E-state index contributed by atoms with van der Waals surface area (Å²) < 4.78 is 5.25. The van der Waals surface area contributed by atoms with Gasteiger partial charge in [-0.15, -0.1) is 0 Å². The predicted octanol–water partition coefficient (Wildman–Crippen LogP) is 1.13. The Labute approximate surface area is 96.1 Å². The second-order valence-electron chi connectivity index (χ2n) is 5.11. The van der Waals surface area contributed by atoms with E-state index >= 15 is 0 Å². The molecule has 0 aromatic heterocycles. The molecule has 1 atom stereocenters. The van der Waals surface area contributed by atoms with Crippen molar-refractivity contribution in [2.45, 2.75) is 45.8 Å². The molecule has 1 aliphatic rings. The standard InChI is InChI=1S/C11H20N2O3/c1-8(14)12-9-5-6-13(7-9)10(15)16-11(2,3)4/h9H,5-7H2,1-4H3,(H,12,14). The van der Waals surface area contributed by atoms with Crippen molar-refractivity contribution in [3.63, 3.8) is 0 Å². The van der Waals surface area contributed by atoms with Gasteiger partial charge in [-0.05, 0) is 27.2 Å². The summed E-state index contributed by atoms with van der Waals surface area (Å²) in [4.78, 5) is 24.2. The molecule has 0 spiro atoms. The van der Waals surface area contributed by atoms with E-state index < -0.39 is 5.60 Å². The molecule has 0 aromatic rings. The highest BCUT2D eigenvalue weighted by molar-refractivity contribution is 5.73. The van der Waals surface area contributed by atoms with Gasteiger partial charge in [0.15, 0.2) is 0 Å². The van der Waals surface area contributed by atoms with Crippen LogP contribution in [0.15, 0.2) is 0 Å². The number of nitrogens with one attached hydrogen (secondary N) is 1. The van der Waals surface area contributed by atoms with Crippen molar-refractivity contribution < 1.29 is 14.3 Å². The fourth-order valence-electron chi connectivity index (χ4n) is 1.66. The highest BCUT2D eigenvalue weighted by atomic mass is 16.6. The Morgan fingerprint density at radius 3 is 2.50 bits per heavy atom. The van der Waals surface area contributed by atoms with Gasteiger partial charge in [0.2, 0.25) is 5.91 Å². The zero-order valence-corrected chi connectivity index (χ0v) is 10.4. The van der Waals surface area contributed by atoms with Crippen molar-refractivity contribution >= 4 is 12.0 Å². The van der Waals surface area contributed by atoms with Crippen LogP contribution in [0.25, 0.3) is 0 Å². The number of carbonyl (C=O) groups is 2. The number of ether oxygens (including phenoxy) is 1. The van der Waals surface area contributed by atoms with Crippen molar-refractivity contribution in [1.82, 2.24) is 10.2 Å². The number of amides is 2. The topological polar surface area (TPSA) is 58.6 Å². The van der Waals surface area contributed by atoms with E-state index in [4.69, 9.17) is 4.74 Å². The Balaban J connectivity index is 2.41. The van der Waals surface area contributed by atoms with E-state index in [0.717, 1.165) is 6.42 Å². The van der Waals surface area contributed by atoms with Crippen LogP contribution in [0.3, 0.4) is 0 Å². The molecule has 2 amide bonds. The van der Waals surface area contributed by atoms with E-state index in [0.29, 0.717) is 13.1 Å². The van der Waals surface area contributed by atoms with Gasteiger partial charge in [-0.3, -0.25) is 4.79 Å². The molecule has 1 unspecified atom stereocenters. The molecule has 1 aliphatic heterocycles. The maximum atomic E-state index is 11.7. The zero-order chi connectivity index (χ0) is 12.3. The van der Waals surface area contributed by atoms with Crippen LogP contribution in [0.1, 0.15) is 34.1 Å². The number of hydrogen-bond acceptors (Lipinski definition) is 3. The molecule has 16 heavy (non-hydrogen) atoms. The number of likely N-dealkylation sites (tertiary alicyclic amines) is 1. The molecule has 0 aromatic carbocycles. The maximum Gasteiger partial charge on any atom is 0.410 e. The number of rotatable bonds is 1. The SMILES string of the molecule is CC(=O)NC1CCN(C(=O)OC(C)(C)C)C1. The third kappa shape index (κ3) is 4.08. The lowest BCUT2D eigenvalue weighted by Crippen LogP contribution is -2.39. The fourth-order valence-corrected chi connectivity index (χ4v) is 1.66. The van der Waals surface area contributed by atoms with Crippen LogP contribution in [0.4, 0.5) is 4.79 Å². The van der Waals surface area contributed by atoms with E-state index in [2.05, 4.69) is 5.32 Å². The Kier molecular flexibility index (Phi) is 3.78. The van der Waals surface area contributed by atoms with Crippen molar-refractivity contribution in [2.24, 2.45) is 0 Å². The predicted molar refractivity (Wildman–Crippen MR) is 60.0 cm³/mol. The number of nitrogens with zero attached hydrogens (tertiary/aromatic N) is 1. The maximum absolute atomic E-state index is 11.7. The van der Waals surface area contributed by atoms with Crippen LogP contribution in [0, 0.1) is 0 Å². The summed E-state index contributed by atoms with van der Waals surface area (Å²) in [5.41, 5.74) is -0.469. The minimum atomic E-state index is -0.469. The Morgan fingerprint density at radius 1 is 1.38 bits per heavy atom. The summed E-state index contributed by atoms with van der Waals surface area (Å²) in [7, 11) is 0. The molecule has 1 rings (SSSR count). The lowest BCUT2D eigenvalue weighted by atomic mass is 10.2. The second-order valence-corrected chi connectivity index (χ2v) is 5.11. The van der Waals surface area contributed by atoms with Crippen LogP contribution >= 0.6 is 0 Å². The van der Waals surface area contributed by atoms with Crippen LogP contribution in [-0.2, 0) is 9.53 Å². The van der Waals surface area contributed by atoms with E-state index in [-0.39, 0.29) is 18.0 Å². The molecule has 92 valence electrons. The smallest absolute Gasteiger partial charge is 0.410 e. The molecule has 0 aliphatic carbocycles. The third-order valence-corrected chi connectivity index (χ3v) is 2.25. The Bertz CT molecular complexity index is 283. The molecule has 1 heterocycles. The molecule has 1 N–H and O–H groups in total. The van der Waals surface area contributed by atoms with Crippen molar-refractivity contribution in [1.29, 1.82) is 0 Å². The first-order valence-corrected chi connectivity index (χ1v) is 5.53. The van der Waals surface area contributed by atoms with Crippen molar-refractivity contribution in [2.75, 3.05) is 13.1 Å². The number of carbonyl (C=O) groups excluding carboxylic acids is 2. The molecular formula is C11H20N2O3. The minimum Gasteiger partial charge on any atom is -0.444 e. The Morgan fingerprint density at radius 2 is 2.00 bits per heavy atom. The monoisotopic (exact) mass is 228 g/mol. The van der Waals surface area contributed by atoms with E-state index in [1.54, 1.807) is 4.90 Å². The molecule has 0 bridgehead atoms. The first-order valence-electron chi connectivity index (χ1n) is 5.53. The van der Waals surface area contributed by atoms with Gasteiger partial charge in [0, 0.05) is 26.1 Å². The first-order chi connectivity index (χ1) is 7.28. The van der Waals surface area contributed by atoms with Gasteiger partial charge in [0.1, 0.15) is 5.60 Å². The van der Waals surface area contributed by atoms with Gasteiger partial charge in [-0.1, -0.05) is 0 Å². The summed E-state index contributed by atoms with van der Waals surface area (Å²) in [6, 6.07) is 0.0602. The zero-order valence-electron chi connectivity index (χ0n) is 10.4. The van der Waals surface area contributed by atoms with Gasteiger partial charge in [0.05, 0.1) is 0 Å². The molecule has 5 heteroatoms. The molecule has 1 fully saturated rings. The highest BCUT2D eigenvalue weighted by Crippen LogP contribution is 2.15. The largest absolute Gasteiger partial charge is 0.444 e. The molecule has 5 nitrogen and oxygen atoms in total. The fraction of sp³-hybridized carbons (Fsp3) is 0.818. The van der Waals surface area contributed by atoms with Crippen LogP contribution in [0.5, 0.6) is 0 Å². The van der Waals surface area contributed by atoms with Crippen LogP contribution < -0.4 is 5.32 Å². The van der Waals surface area contributed by atoms with Crippen molar-refractivity contribution in [3.8, 4) is 0 Å². The van der Waals surface area contributed by atoms with E-state index in [9.17, 15) is 9.59 Å². The lowest BCUT2D eigenvalue weighted by Gasteiger charge is -2.24. The van der Waals surface area contributed by atoms with Gasteiger partial charge in [-0.25, -0.2) is 4.79 Å².